The van der Waals surface area contributed by atoms with Crippen LogP contribution >= 0.6 is 0 Å². The van der Waals surface area contributed by atoms with Gasteiger partial charge in [-0.1, -0.05) is 42.5 Å². The molecule has 0 spiro atoms. The molecule has 1 heterocycles. The van der Waals surface area contributed by atoms with Crippen LogP contribution in [0.1, 0.15) is 21.6 Å². The van der Waals surface area contributed by atoms with Crippen LogP contribution in [0.4, 0.5) is 0 Å². The number of pyridine rings is 1. The first kappa shape index (κ1) is 13.8. The summed E-state index contributed by atoms with van der Waals surface area (Å²) in [5.74, 6) is -1.20. The summed E-state index contributed by atoms with van der Waals surface area (Å²) in [7, 11) is 0. The number of carbonyl (C=O) groups excluding carboxylic acids is 1. The number of aromatic carboxylic acids is 1. The Balaban J connectivity index is 1.92. The highest BCUT2D eigenvalue weighted by Crippen LogP contribution is 2.11. The lowest BCUT2D eigenvalue weighted by molar-refractivity contribution is -0.255. The third-order valence-corrected chi connectivity index (χ3v) is 3.36. The van der Waals surface area contributed by atoms with Crippen molar-refractivity contribution in [2.24, 2.45) is 0 Å². The van der Waals surface area contributed by atoms with Crippen molar-refractivity contribution >= 4 is 29.0 Å². The predicted octanol–water partition coefficient (Wildman–Crippen LogP) is 2.06. The van der Waals surface area contributed by atoms with E-state index in [9.17, 15) is 14.7 Å². The number of carbonyl (C=O) groups is 1. The Morgan fingerprint density at radius 3 is 2.45 bits per heavy atom. The molecule has 0 amide bonds. The zero-order chi connectivity index (χ0) is 15.5. The highest BCUT2D eigenvalue weighted by atomic mass is 16.4. The lowest BCUT2D eigenvalue weighted by atomic mass is 10.1. The van der Waals surface area contributed by atoms with Gasteiger partial charge in [0.05, 0.1) is 5.97 Å². The number of aromatic nitrogens is 1. The van der Waals surface area contributed by atoms with Gasteiger partial charge in [0.25, 0.3) is 0 Å². The zero-order valence-electron chi connectivity index (χ0n) is 11.6. The van der Waals surface area contributed by atoms with Gasteiger partial charge in [-0.3, -0.25) is 4.79 Å². The first-order valence-electron chi connectivity index (χ1n) is 6.75. The van der Waals surface area contributed by atoms with E-state index < -0.39 is 5.97 Å². The first-order valence-corrected chi connectivity index (χ1v) is 6.75. The second kappa shape index (κ2) is 5.69. The van der Waals surface area contributed by atoms with E-state index in [0.29, 0.717) is 11.1 Å². The average molecular weight is 290 g/mol. The maximum absolute atomic E-state index is 12.0. The molecule has 3 rings (SSSR count). The number of carboxylic acid groups (broad SMARTS) is 1. The van der Waals surface area contributed by atoms with E-state index in [0.717, 1.165) is 11.1 Å². The van der Waals surface area contributed by atoms with Gasteiger partial charge in [-0.15, -0.1) is 0 Å². The largest absolute Gasteiger partial charge is 0.545 e. The molecule has 0 fully saturated rings. The minimum Gasteiger partial charge on any atom is -0.545 e. The highest BCUT2D eigenvalue weighted by Gasteiger charge is 1.99. The maximum atomic E-state index is 12.0. The molecule has 2 aromatic carbocycles. The first-order chi connectivity index (χ1) is 10.6. The Hall–Kier alpha value is -3.14. The Labute approximate surface area is 126 Å². The molecule has 3 aromatic rings. The second-order valence-electron chi connectivity index (χ2n) is 4.88. The SMILES string of the molecule is O=C([O-])c1ccc(/C=C/c2cc(=O)c3ccccc3[nH]2)cc1. The minimum atomic E-state index is -1.20. The van der Waals surface area contributed by atoms with E-state index >= 15 is 0 Å². The van der Waals surface area contributed by atoms with E-state index in [1.165, 1.54) is 18.2 Å². The van der Waals surface area contributed by atoms with Crippen LogP contribution in [0.2, 0.25) is 0 Å². The van der Waals surface area contributed by atoms with Crippen LogP contribution in [0.3, 0.4) is 0 Å². The van der Waals surface area contributed by atoms with Crippen LogP contribution in [0.25, 0.3) is 23.1 Å². The number of rotatable bonds is 3. The molecule has 0 unspecified atom stereocenters. The number of aromatic amines is 1. The topological polar surface area (TPSA) is 73.0 Å². The minimum absolute atomic E-state index is 0.0405. The summed E-state index contributed by atoms with van der Waals surface area (Å²) >= 11 is 0. The number of hydrogen-bond donors (Lipinski definition) is 1. The van der Waals surface area contributed by atoms with Gasteiger partial charge in [0, 0.05) is 22.7 Å². The molecule has 0 bridgehead atoms. The van der Waals surface area contributed by atoms with Gasteiger partial charge in [-0.05, 0) is 29.3 Å². The third-order valence-electron chi connectivity index (χ3n) is 3.36. The summed E-state index contributed by atoms with van der Waals surface area (Å²) in [6.07, 6.45) is 3.58. The molecule has 0 aliphatic rings. The van der Waals surface area contributed by atoms with Crippen molar-refractivity contribution < 1.29 is 9.90 Å². The Morgan fingerprint density at radius 1 is 1.00 bits per heavy atom. The van der Waals surface area contributed by atoms with E-state index in [-0.39, 0.29) is 11.0 Å². The fraction of sp³-hybridized carbons (Fsp3) is 0. The molecule has 1 N–H and O–H groups in total. The number of nitrogens with one attached hydrogen (secondary N) is 1. The summed E-state index contributed by atoms with van der Waals surface area (Å²) in [5, 5.41) is 11.3. The summed E-state index contributed by atoms with van der Waals surface area (Å²) in [6.45, 7) is 0. The molecule has 0 aliphatic heterocycles. The van der Waals surface area contributed by atoms with E-state index in [1.54, 1.807) is 30.4 Å². The molecule has 4 nitrogen and oxygen atoms in total. The monoisotopic (exact) mass is 290 g/mol. The van der Waals surface area contributed by atoms with E-state index in [4.69, 9.17) is 0 Å². The van der Waals surface area contributed by atoms with Crippen LogP contribution in [-0.2, 0) is 0 Å². The van der Waals surface area contributed by atoms with Crippen molar-refractivity contribution in [1.29, 1.82) is 0 Å². The lowest BCUT2D eigenvalue weighted by Crippen LogP contribution is -2.21. The lowest BCUT2D eigenvalue weighted by Gasteiger charge is -2.02. The number of hydrogen-bond acceptors (Lipinski definition) is 3. The molecule has 22 heavy (non-hydrogen) atoms. The second-order valence-corrected chi connectivity index (χ2v) is 4.88. The van der Waals surface area contributed by atoms with Gasteiger partial charge < -0.3 is 14.9 Å². The molecule has 1 aromatic heterocycles. The standard InChI is InChI=1S/C18H13NO3/c20-17-11-14(19-16-4-2-1-3-15(16)17)10-7-12-5-8-13(9-6-12)18(21)22/h1-11H,(H,19,20)(H,21,22)/p-1/b10-7+. The quantitative estimate of drug-likeness (QED) is 0.802. The smallest absolute Gasteiger partial charge is 0.189 e. The van der Waals surface area contributed by atoms with Gasteiger partial charge in [-0.25, -0.2) is 0 Å². The molecule has 108 valence electrons. The molecule has 0 atom stereocenters. The summed E-state index contributed by atoms with van der Waals surface area (Å²) < 4.78 is 0. The van der Waals surface area contributed by atoms with Crippen molar-refractivity contribution in [3.63, 3.8) is 0 Å². The van der Waals surface area contributed by atoms with Crippen molar-refractivity contribution in [1.82, 2.24) is 4.98 Å². The number of benzene rings is 2. The van der Waals surface area contributed by atoms with E-state index in [2.05, 4.69) is 4.98 Å². The van der Waals surface area contributed by atoms with Crippen LogP contribution in [0, 0.1) is 0 Å². The molecular formula is C18H12NO3-. The fourth-order valence-corrected chi connectivity index (χ4v) is 2.22. The van der Waals surface area contributed by atoms with Gasteiger partial charge in [0.15, 0.2) is 5.43 Å². The molecular weight excluding hydrogens is 278 g/mol. The number of H-pyrrole nitrogens is 1. The third kappa shape index (κ3) is 2.81. The van der Waals surface area contributed by atoms with Crippen LogP contribution in [-0.4, -0.2) is 11.0 Å². The van der Waals surface area contributed by atoms with Crippen molar-refractivity contribution in [3.05, 3.63) is 81.6 Å². The molecule has 0 saturated heterocycles. The molecule has 4 heteroatoms. The molecule has 0 aliphatic carbocycles. The maximum Gasteiger partial charge on any atom is 0.189 e. The van der Waals surface area contributed by atoms with Gasteiger partial charge in [0.2, 0.25) is 0 Å². The number of fused-ring (bicyclic) bond motifs is 1. The predicted molar refractivity (Wildman–Crippen MR) is 84.3 cm³/mol. The van der Waals surface area contributed by atoms with Crippen molar-refractivity contribution in [2.45, 2.75) is 0 Å². The summed E-state index contributed by atoms with van der Waals surface area (Å²) in [6, 6.07) is 15.2. The Kier molecular flexibility index (Phi) is 3.58. The average Bonchev–Trinajstić information content (AvgIpc) is 2.53. The summed E-state index contributed by atoms with van der Waals surface area (Å²) in [4.78, 5) is 25.9. The summed E-state index contributed by atoms with van der Waals surface area (Å²) in [5.41, 5.74) is 2.39. The van der Waals surface area contributed by atoms with Crippen LogP contribution in [0.5, 0.6) is 0 Å². The zero-order valence-corrected chi connectivity index (χ0v) is 11.6. The Bertz CT molecular complexity index is 921. The number of para-hydroxylation sites is 1. The highest BCUT2D eigenvalue weighted by molar-refractivity contribution is 5.86. The van der Waals surface area contributed by atoms with Crippen molar-refractivity contribution in [3.8, 4) is 0 Å². The van der Waals surface area contributed by atoms with Crippen LogP contribution in [0.15, 0.2) is 59.4 Å². The van der Waals surface area contributed by atoms with Crippen molar-refractivity contribution in [2.75, 3.05) is 0 Å². The van der Waals surface area contributed by atoms with Gasteiger partial charge in [0.1, 0.15) is 0 Å². The fourth-order valence-electron chi connectivity index (χ4n) is 2.22. The van der Waals surface area contributed by atoms with Crippen LogP contribution < -0.4 is 10.5 Å². The van der Waals surface area contributed by atoms with Gasteiger partial charge >= 0.3 is 0 Å². The number of carboxylic acids is 1. The Morgan fingerprint density at radius 2 is 1.73 bits per heavy atom. The normalized spacial score (nSPS) is 11.1. The van der Waals surface area contributed by atoms with E-state index in [1.807, 2.05) is 18.2 Å². The van der Waals surface area contributed by atoms with Gasteiger partial charge in [-0.2, -0.15) is 0 Å². The molecule has 0 saturated carbocycles. The molecule has 0 radical (unpaired) electrons.